The molecule has 5 aliphatic rings. The van der Waals surface area contributed by atoms with Gasteiger partial charge >= 0.3 is 5.79 Å². The lowest BCUT2D eigenvalue weighted by atomic mass is 9.78. The van der Waals surface area contributed by atoms with Crippen molar-refractivity contribution in [3.05, 3.63) is 69.0 Å². The summed E-state index contributed by atoms with van der Waals surface area (Å²) in [5.74, 6) is -9.07. The highest BCUT2D eigenvalue weighted by molar-refractivity contribution is 8.04. The number of carbonyl (C=O) groups is 4. The molecule has 1 aromatic rings. The van der Waals surface area contributed by atoms with Crippen LogP contribution in [0.4, 0.5) is 0 Å². The van der Waals surface area contributed by atoms with Gasteiger partial charge in [-0.3, -0.25) is 19.2 Å². The molecule has 1 fully saturated rings. The number of fused-ring (bicyclic) bond motifs is 14. The van der Waals surface area contributed by atoms with Crippen molar-refractivity contribution in [1.29, 1.82) is 0 Å². The maximum atomic E-state index is 14.7. The van der Waals surface area contributed by atoms with Gasteiger partial charge in [0, 0.05) is 61.1 Å². The number of thiocarbonyl (C=S) groups is 1. The fourth-order valence-corrected chi connectivity index (χ4v) is 8.99. The Bertz CT molecular complexity index is 2110. The molecule has 1 amide bonds. The second kappa shape index (κ2) is 20.3. The zero-order valence-electron chi connectivity index (χ0n) is 36.1. The van der Waals surface area contributed by atoms with E-state index >= 15 is 0 Å². The van der Waals surface area contributed by atoms with Gasteiger partial charge in [-0.1, -0.05) is 45.9 Å². The Hall–Kier alpha value is -4.22. The number of hydrogen-bond acceptors (Lipinski definition) is 17. The number of carbonyl (C=O) groups excluding carboxylic acids is 4. The van der Waals surface area contributed by atoms with Crippen molar-refractivity contribution < 1.29 is 73.9 Å². The number of ether oxygens (including phenoxy) is 4. The standard InChI is InChI=1S/C43H57N3O15S2/c1-17-10-9-11-18(2)40(57)45-28-34(53)26-25(35(54)38(28)63-15-13-44-42(62)46-41-36(55)33(52)23(47)16-59-41)27-37(22(6)32(26)51)61-43(7,39(27)56)60-14-12-24(58-8)19(3)30(49)21(5)31(50)20(4)29(17)48/h9-12,14,17,19-21,23-24,29-31,33,36,41,47-52,55H,13,15-16H2,1-8H3,(H,45,57)(H2,44,46,62)/b10-9-,14-12?,18-11-/t17-,19+,20+,21-,23+,24-,29-,30+,31+,33+,36-,41-,43-/m0/s1. The van der Waals surface area contributed by atoms with Gasteiger partial charge in [0.25, 0.3) is 11.7 Å². The number of hydrogen-bond donors (Lipinski definition) is 10. The molecule has 6 rings (SSSR count). The quantitative estimate of drug-likeness (QED) is 0.141. The fraction of sp³-hybridized carbons (Fsp3) is 0.558. The first-order valence-corrected chi connectivity index (χ1v) is 21.8. The minimum Gasteiger partial charge on any atom is -0.507 e. The van der Waals surface area contributed by atoms with Crippen LogP contribution in [0.15, 0.2) is 46.7 Å². The van der Waals surface area contributed by atoms with E-state index in [4.69, 9.17) is 31.2 Å². The Balaban J connectivity index is 1.53. The Kier molecular flexibility index (Phi) is 16.0. The number of Topliss-reactive ketones (excluding diaryl/α,β-unsaturated/α-hetero) is 3. The van der Waals surface area contributed by atoms with Crippen molar-refractivity contribution in [3.63, 3.8) is 0 Å². The first-order chi connectivity index (χ1) is 29.6. The molecule has 4 heterocycles. The van der Waals surface area contributed by atoms with E-state index in [9.17, 15) is 54.9 Å². The second-order valence-corrected chi connectivity index (χ2v) is 18.0. The number of aromatic hydroxyl groups is 1. The highest BCUT2D eigenvalue weighted by Crippen LogP contribution is 2.49. The number of ketones is 3. The molecule has 18 nitrogen and oxygen atoms in total. The predicted molar refractivity (Wildman–Crippen MR) is 233 cm³/mol. The number of aliphatic hydroxyl groups is 6. The van der Waals surface area contributed by atoms with Crippen LogP contribution in [0, 0.1) is 30.6 Å². The topological polar surface area (TPSA) is 283 Å². The maximum Gasteiger partial charge on any atom is 0.312 e. The van der Waals surface area contributed by atoms with Crippen LogP contribution < -0.4 is 20.7 Å². The predicted octanol–water partition coefficient (Wildman–Crippen LogP) is 1.02. The number of aliphatic hydroxyl groups excluding tert-OH is 6. The first-order valence-electron chi connectivity index (χ1n) is 20.5. The van der Waals surface area contributed by atoms with Gasteiger partial charge in [-0.2, -0.15) is 0 Å². The van der Waals surface area contributed by atoms with Gasteiger partial charge in [-0.25, -0.2) is 0 Å². The second-order valence-electron chi connectivity index (χ2n) is 16.5. The van der Waals surface area contributed by atoms with E-state index in [2.05, 4.69) is 16.0 Å². The molecule has 1 saturated heterocycles. The van der Waals surface area contributed by atoms with Gasteiger partial charge in [-0.05, 0) is 32.1 Å². The van der Waals surface area contributed by atoms with E-state index in [0.717, 1.165) is 18.0 Å². The Morgan fingerprint density at radius 1 is 0.905 bits per heavy atom. The highest BCUT2D eigenvalue weighted by atomic mass is 32.2. The van der Waals surface area contributed by atoms with Gasteiger partial charge in [-0.15, -0.1) is 11.8 Å². The number of benzene rings is 1. The monoisotopic (exact) mass is 919 g/mol. The van der Waals surface area contributed by atoms with Crippen LogP contribution in [0.25, 0.3) is 0 Å². The normalized spacial score (nSPS) is 35.6. The molecule has 13 atom stereocenters. The zero-order valence-corrected chi connectivity index (χ0v) is 37.8. The van der Waals surface area contributed by atoms with Crippen molar-refractivity contribution in [1.82, 2.24) is 16.0 Å². The zero-order chi connectivity index (χ0) is 46.8. The van der Waals surface area contributed by atoms with Crippen LogP contribution in [0.2, 0.25) is 0 Å². The maximum absolute atomic E-state index is 14.7. The molecule has 0 spiro atoms. The van der Waals surface area contributed by atoms with Crippen LogP contribution >= 0.6 is 24.0 Å². The molecule has 0 saturated carbocycles. The Labute approximate surface area is 374 Å². The van der Waals surface area contributed by atoms with Gasteiger partial charge in [0.15, 0.2) is 11.3 Å². The third kappa shape index (κ3) is 10.0. The Morgan fingerprint density at radius 3 is 2.22 bits per heavy atom. The minimum absolute atomic E-state index is 0.0214. The number of rotatable bonds is 6. The summed E-state index contributed by atoms with van der Waals surface area (Å²) in [7, 11) is 1.40. The molecule has 0 unspecified atom stereocenters. The number of amides is 1. The summed E-state index contributed by atoms with van der Waals surface area (Å²) >= 11 is 6.14. The largest absolute Gasteiger partial charge is 0.507 e. The average molecular weight is 920 g/mol. The molecule has 1 aromatic carbocycles. The molecule has 63 heavy (non-hydrogen) atoms. The summed E-state index contributed by atoms with van der Waals surface area (Å²) in [6.45, 7) is 10.6. The number of methoxy groups -OCH3 is 1. The third-order valence-corrected chi connectivity index (χ3v) is 13.4. The first kappa shape index (κ1) is 49.8. The van der Waals surface area contributed by atoms with Crippen molar-refractivity contribution in [2.75, 3.05) is 26.0 Å². The molecule has 20 heteroatoms. The van der Waals surface area contributed by atoms with Crippen molar-refractivity contribution >= 4 is 52.3 Å². The van der Waals surface area contributed by atoms with E-state index in [0.29, 0.717) is 0 Å². The molecule has 0 radical (unpaired) electrons. The van der Waals surface area contributed by atoms with Crippen LogP contribution in [-0.2, 0) is 19.0 Å². The molecule has 10 N–H and O–H groups in total. The van der Waals surface area contributed by atoms with E-state index in [1.54, 1.807) is 33.8 Å². The highest BCUT2D eigenvalue weighted by Gasteiger charge is 2.53. The number of allylic oxidation sites excluding steroid dienone is 4. The van der Waals surface area contributed by atoms with Crippen LogP contribution in [-0.4, -0.2) is 145 Å². The lowest BCUT2D eigenvalue weighted by molar-refractivity contribution is -0.190. The summed E-state index contributed by atoms with van der Waals surface area (Å²) in [4.78, 5) is 56.9. The van der Waals surface area contributed by atoms with Crippen LogP contribution in [0.3, 0.4) is 0 Å². The van der Waals surface area contributed by atoms with Gasteiger partial charge in [0.05, 0.1) is 58.9 Å². The molecule has 4 aliphatic heterocycles. The van der Waals surface area contributed by atoms with Gasteiger partial charge in [0.1, 0.15) is 35.5 Å². The summed E-state index contributed by atoms with van der Waals surface area (Å²) in [5.41, 5.74) is -1.74. The molecule has 346 valence electrons. The molecule has 5 bridgehead atoms. The van der Waals surface area contributed by atoms with E-state index < -0.39 is 124 Å². The number of thioether (sulfide) groups is 1. The molecular weight excluding hydrogens is 863 g/mol. The van der Waals surface area contributed by atoms with Gasteiger partial charge in [0.2, 0.25) is 11.6 Å². The lowest BCUT2D eigenvalue weighted by Crippen LogP contribution is -2.60. The number of nitrogens with one attached hydrogen (secondary N) is 3. The third-order valence-electron chi connectivity index (χ3n) is 12.1. The van der Waals surface area contributed by atoms with E-state index in [1.165, 1.54) is 46.1 Å². The Morgan fingerprint density at radius 2 is 1.56 bits per heavy atom. The summed E-state index contributed by atoms with van der Waals surface area (Å²) in [5, 5.41) is 83.4. The SMILES string of the molecule is CO[C@H]1C=CO[C@@]2(C)Oc3c(C)c(O)c4c(c3C2=O)C(=O)C(SCCNC(=S)N[C@H]2OC[C@@H](O)[C@@H](O)[C@@H]2O)=C(NC(=O)/C(C)=C\C=C/[C@H](C)[C@H](O)[C@@H](C)[C@@H](O)[C@@H](C)[C@H](O)[C@@H]1C)C4=O. The van der Waals surface area contributed by atoms with Crippen molar-refractivity contribution in [2.24, 2.45) is 23.7 Å². The molecular formula is C43H57N3O15S2. The summed E-state index contributed by atoms with van der Waals surface area (Å²) in [6.07, 6.45) is -2.47. The van der Waals surface area contributed by atoms with Crippen molar-refractivity contribution in [2.45, 2.75) is 103 Å². The lowest BCUT2D eigenvalue weighted by Gasteiger charge is -2.36. The summed E-state index contributed by atoms with van der Waals surface area (Å²) < 4.78 is 22.9. The number of phenolic OH excluding ortho intramolecular Hbond substituents is 1. The molecule has 1 aliphatic carbocycles. The minimum atomic E-state index is -2.12. The van der Waals surface area contributed by atoms with Crippen LogP contribution in [0.5, 0.6) is 11.5 Å². The number of phenols is 1. The fourth-order valence-electron chi connectivity index (χ4n) is 7.84. The smallest absolute Gasteiger partial charge is 0.312 e. The van der Waals surface area contributed by atoms with E-state index in [1.807, 2.05) is 0 Å². The van der Waals surface area contributed by atoms with Crippen LogP contribution in [0.1, 0.15) is 78.2 Å². The summed E-state index contributed by atoms with van der Waals surface area (Å²) in [6, 6.07) is 0. The average Bonchev–Trinajstić information content (AvgIpc) is 3.52. The van der Waals surface area contributed by atoms with Gasteiger partial charge < -0.3 is 70.6 Å². The van der Waals surface area contributed by atoms with E-state index in [-0.39, 0.29) is 51.4 Å². The molecule has 0 aromatic heterocycles. The van der Waals surface area contributed by atoms with Crippen molar-refractivity contribution in [3.8, 4) is 11.5 Å².